The number of esters is 1. The van der Waals surface area contributed by atoms with E-state index in [0.29, 0.717) is 6.42 Å². The van der Waals surface area contributed by atoms with Crippen molar-refractivity contribution in [2.75, 3.05) is 7.11 Å². The van der Waals surface area contributed by atoms with Gasteiger partial charge in [0.25, 0.3) is 0 Å². The van der Waals surface area contributed by atoms with Gasteiger partial charge < -0.3 is 14.6 Å². The van der Waals surface area contributed by atoms with E-state index in [2.05, 4.69) is 0 Å². The van der Waals surface area contributed by atoms with E-state index in [1.165, 1.54) is 7.11 Å². The average Bonchev–Trinajstić information content (AvgIpc) is 2.24. The molecule has 0 saturated heterocycles. The summed E-state index contributed by atoms with van der Waals surface area (Å²) >= 11 is 0. The van der Waals surface area contributed by atoms with E-state index in [0.717, 1.165) is 0 Å². The van der Waals surface area contributed by atoms with Gasteiger partial charge in [0.1, 0.15) is 0 Å². The standard InChI is InChI=1S/C12H18O4.Na/c1-8-6-5-7-11(2,10(15)16-4)12(8,3)9(13)14;/h5-6,8H,7H2,1-4H3,(H,13,14);/q;+1/p-1. The van der Waals surface area contributed by atoms with E-state index < -0.39 is 22.8 Å². The molecule has 0 heterocycles. The predicted octanol–water partition coefficient (Wildman–Crippen LogP) is -2.48. The molecule has 0 fully saturated rings. The van der Waals surface area contributed by atoms with Crippen molar-refractivity contribution in [1.82, 2.24) is 0 Å². The molecular weight excluding hydrogens is 231 g/mol. The van der Waals surface area contributed by atoms with E-state index >= 15 is 0 Å². The van der Waals surface area contributed by atoms with Crippen molar-refractivity contribution >= 4 is 11.9 Å². The molecule has 1 aliphatic rings. The van der Waals surface area contributed by atoms with Crippen molar-refractivity contribution in [3.8, 4) is 0 Å². The molecule has 0 saturated carbocycles. The Hall–Kier alpha value is -0.320. The molecule has 0 aromatic heterocycles. The number of aliphatic carboxylic acids is 1. The van der Waals surface area contributed by atoms with Gasteiger partial charge in [0, 0.05) is 11.4 Å². The minimum atomic E-state index is -1.24. The number of rotatable bonds is 2. The summed E-state index contributed by atoms with van der Waals surface area (Å²) in [5.41, 5.74) is -2.32. The summed E-state index contributed by atoms with van der Waals surface area (Å²) in [7, 11) is 1.27. The van der Waals surface area contributed by atoms with Crippen molar-refractivity contribution in [3.05, 3.63) is 12.2 Å². The fourth-order valence-electron chi connectivity index (χ4n) is 2.35. The van der Waals surface area contributed by atoms with Gasteiger partial charge in [-0.15, -0.1) is 0 Å². The molecule has 4 nitrogen and oxygen atoms in total. The van der Waals surface area contributed by atoms with E-state index in [4.69, 9.17) is 4.74 Å². The number of carboxylic acids is 1. The molecule has 0 amide bonds. The van der Waals surface area contributed by atoms with Gasteiger partial charge in [-0.1, -0.05) is 26.0 Å². The molecular formula is C12H17NaO4. The number of ether oxygens (including phenoxy) is 1. The first kappa shape index (κ1) is 16.7. The molecule has 0 radical (unpaired) electrons. The molecule has 3 unspecified atom stereocenters. The van der Waals surface area contributed by atoms with Crippen LogP contribution in [0.3, 0.4) is 0 Å². The number of carbonyl (C=O) groups is 2. The van der Waals surface area contributed by atoms with Crippen LogP contribution in [-0.2, 0) is 14.3 Å². The Balaban J connectivity index is 0.00000256. The van der Waals surface area contributed by atoms with Crippen molar-refractivity contribution in [2.24, 2.45) is 16.7 Å². The Morgan fingerprint density at radius 2 is 1.94 bits per heavy atom. The van der Waals surface area contributed by atoms with Crippen LogP contribution in [-0.4, -0.2) is 19.0 Å². The van der Waals surface area contributed by atoms with Crippen LogP contribution in [0.25, 0.3) is 0 Å². The Labute approximate surface area is 124 Å². The Morgan fingerprint density at radius 1 is 1.41 bits per heavy atom. The van der Waals surface area contributed by atoms with Crippen LogP contribution in [0, 0.1) is 16.7 Å². The third-order valence-electron chi connectivity index (χ3n) is 4.07. The number of carbonyl (C=O) groups excluding carboxylic acids is 2. The van der Waals surface area contributed by atoms with Gasteiger partial charge in [0.2, 0.25) is 0 Å². The van der Waals surface area contributed by atoms with Crippen molar-refractivity contribution < 1.29 is 49.0 Å². The Kier molecular flexibility index (Phi) is 5.44. The van der Waals surface area contributed by atoms with Crippen LogP contribution in [0.1, 0.15) is 27.2 Å². The average molecular weight is 248 g/mol. The first-order chi connectivity index (χ1) is 7.30. The number of hydrogen-bond donors (Lipinski definition) is 0. The largest absolute Gasteiger partial charge is 1.00 e. The molecule has 17 heavy (non-hydrogen) atoms. The zero-order valence-corrected chi connectivity index (χ0v) is 13.1. The Morgan fingerprint density at radius 3 is 2.35 bits per heavy atom. The topological polar surface area (TPSA) is 66.4 Å². The number of carboxylic acid groups (broad SMARTS) is 1. The van der Waals surface area contributed by atoms with Crippen LogP contribution in [0.2, 0.25) is 0 Å². The van der Waals surface area contributed by atoms with Gasteiger partial charge in [-0.05, 0) is 19.3 Å². The van der Waals surface area contributed by atoms with E-state index in [1.54, 1.807) is 26.8 Å². The second kappa shape index (κ2) is 5.55. The van der Waals surface area contributed by atoms with Crippen molar-refractivity contribution in [2.45, 2.75) is 27.2 Å². The molecule has 1 aliphatic carbocycles. The maximum absolute atomic E-state index is 11.8. The fraction of sp³-hybridized carbons (Fsp3) is 0.667. The summed E-state index contributed by atoms with van der Waals surface area (Å²) in [6.45, 7) is 4.94. The maximum Gasteiger partial charge on any atom is 1.00 e. The minimum absolute atomic E-state index is 0. The number of hydrogen-bond acceptors (Lipinski definition) is 4. The molecule has 5 heteroatoms. The molecule has 3 atom stereocenters. The number of methoxy groups -OCH3 is 1. The van der Waals surface area contributed by atoms with E-state index in [9.17, 15) is 14.7 Å². The summed E-state index contributed by atoms with van der Waals surface area (Å²) in [4.78, 5) is 23.2. The fourth-order valence-corrected chi connectivity index (χ4v) is 2.35. The predicted molar refractivity (Wildman–Crippen MR) is 56.2 cm³/mol. The maximum atomic E-state index is 11.8. The van der Waals surface area contributed by atoms with Gasteiger partial charge in [-0.3, -0.25) is 4.79 Å². The molecule has 0 N–H and O–H groups in total. The third-order valence-corrected chi connectivity index (χ3v) is 4.07. The first-order valence-corrected chi connectivity index (χ1v) is 5.27. The van der Waals surface area contributed by atoms with Crippen molar-refractivity contribution in [1.29, 1.82) is 0 Å². The van der Waals surface area contributed by atoms with Gasteiger partial charge in [0.15, 0.2) is 0 Å². The van der Waals surface area contributed by atoms with Crippen molar-refractivity contribution in [3.63, 3.8) is 0 Å². The van der Waals surface area contributed by atoms with Gasteiger partial charge in [0.05, 0.1) is 12.5 Å². The third kappa shape index (κ3) is 2.30. The molecule has 0 aromatic carbocycles. The second-order valence-electron chi connectivity index (χ2n) is 4.73. The van der Waals surface area contributed by atoms with Gasteiger partial charge >= 0.3 is 35.5 Å². The summed E-state index contributed by atoms with van der Waals surface area (Å²) in [5.74, 6) is -1.98. The second-order valence-corrected chi connectivity index (χ2v) is 4.73. The van der Waals surface area contributed by atoms with E-state index in [1.807, 2.05) is 6.08 Å². The first-order valence-electron chi connectivity index (χ1n) is 5.27. The molecule has 0 spiro atoms. The normalized spacial score (nSPS) is 35.9. The Bertz CT molecular complexity index is 352. The molecule has 0 bridgehead atoms. The summed E-state index contributed by atoms with van der Waals surface area (Å²) in [6.07, 6.45) is 3.99. The molecule has 90 valence electrons. The molecule has 0 aromatic rings. The van der Waals surface area contributed by atoms with Gasteiger partial charge in [-0.2, -0.15) is 0 Å². The van der Waals surface area contributed by atoms with Gasteiger partial charge in [-0.25, -0.2) is 0 Å². The summed E-state index contributed by atoms with van der Waals surface area (Å²) in [5, 5.41) is 11.4. The van der Waals surface area contributed by atoms with Crippen LogP contribution in [0.4, 0.5) is 0 Å². The minimum Gasteiger partial charge on any atom is -0.550 e. The molecule has 1 rings (SSSR count). The summed E-state index contributed by atoms with van der Waals surface area (Å²) < 4.78 is 4.72. The SMILES string of the molecule is COC(=O)C1(C)CC=CC(C)C1(C)C(=O)[O-].[Na+]. The smallest absolute Gasteiger partial charge is 0.550 e. The quantitative estimate of drug-likeness (QED) is 0.308. The monoisotopic (exact) mass is 248 g/mol. The van der Waals surface area contributed by atoms with Crippen LogP contribution < -0.4 is 34.7 Å². The van der Waals surface area contributed by atoms with Crippen LogP contribution in [0.15, 0.2) is 12.2 Å². The number of allylic oxidation sites excluding steroid dienone is 2. The van der Waals surface area contributed by atoms with Crippen LogP contribution in [0.5, 0.6) is 0 Å². The zero-order valence-electron chi connectivity index (χ0n) is 11.1. The molecule has 0 aliphatic heterocycles. The van der Waals surface area contributed by atoms with E-state index in [-0.39, 0.29) is 35.5 Å². The van der Waals surface area contributed by atoms with Crippen LogP contribution >= 0.6 is 0 Å². The summed E-state index contributed by atoms with van der Waals surface area (Å²) in [6, 6.07) is 0. The zero-order chi connectivity index (χ0) is 12.6.